The number of para-hydroxylation sites is 1. The van der Waals surface area contributed by atoms with Gasteiger partial charge in [0, 0.05) is 32.4 Å². The van der Waals surface area contributed by atoms with Gasteiger partial charge in [0.05, 0.1) is 19.3 Å². The minimum Gasteiger partial charge on any atom is -0.496 e. The second-order valence-electron chi connectivity index (χ2n) is 6.14. The van der Waals surface area contributed by atoms with Crippen LogP contribution in [0.3, 0.4) is 0 Å². The van der Waals surface area contributed by atoms with Gasteiger partial charge in [-0.25, -0.2) is 14.8 Å². The highest BCUT2D eigenvalue weighted by Crippen LogP contribution is 2.29. The molecule has 26 heavy (non-hydrogen) atoms. The maximum atomic E-state index is 12.4. The molecule has 0 radical (unpaired) electrons. The summed E-state index contributed by atoms with van der Waals surface area (Å²) in [6.45, 7) is 5.52. The van der Waals surface area contributed by atoms with E-state index in [0.29, 0.717) is 29.6 Å². The number of ether oxygens (including phenoxy) is 2. The van der Waals surface area contributed by atoms with E-state index in [9.17, 15) is 4.79 Å². The normalized spacial score (nSPS) is 15.0. The second-order valence-corrected chi connectivity index (χ2v) is 6.14. The van der Waals surface area contributed by atoms with Crippen LogP contribution in [0.1, 0.15) is 17.3 Å². The lowest BCUT2D eigenvalue weighted by Crippen LogP contribution is -2.45. The molecule has 1 aliphatic rings. The van der Waals surface area contributed by atoms with Crippen LogP contribution < -0.4 is 9.64 Å². The van der Waals surface area contributed by atoms with Gasteiger partial charge in [-0.15, -0.1) is 0 Å². The largest absolute Gasteiger partial charge is 0.496 e. The van der Waals surface area contributed by atoms with Crippen LogP contribution in [-0.4, -0.2) is 67.8 Å². The van der Waals surface area contributed by atoms with Crippen LogP contribution in [0.4, 0.5) is 5.82 Å². The van der Waals surface area contributed by atoms with Crippen LogP contribution in [0.2, 0.25) is 0 Å². The predicted molar refractivity (Wildman–Crippen MR) is 99.7 cm³/mol. The number of anilines is 1. The summed E-state index contributed by atoms with van der Waals surface area (Å²) < 4.78 is 10.6. The Kier molecular flexibility index (Phi) is 5.68. The van der Waals surface area contributed by atoms with E-state index in [1.165, 1.54) is 0 Å². The second kappa shape index (κ2) is 8.14. The van der Waals surface area contributed by atoms with Gasteiger partial charge in [-0.2, -0.15) is 0 Å². The summed E-state index contributed by atoms with van der Waals surface area (Å²) in [4.78, 5) is 25.9. The van der Waals surface area contributed by atoms with Gasteiger partial charge in [0.2, 0.25) is 0 Å². The summed E-state index contributed by atoms with van der Waals surface area (Å²) in [5.41, 5.74) is 1.19. The Morgan fingerprint density at radius 2 is 1.92 bits per heavy atom. The highest BCUT2D eigenvalue weighted by Gasteiger charge is 2.24. The average molecular weight is 356 g/mol. The summed E-state index contributed by atoms with van der Waals surface area (Å²) in [6, 6.07) is 7.59. The van der Waals surface area contributed by atoms with Crippen LogP contribution in [0, 0.1) is 0 Å². The zero-order valence-electron chi connectivity index (χ0n) is 15.4. The van der Waals surface area contributed by atoms with E-state index in [2.05, 4.69) is 21.8 Å². The SMILES string of the molecule is CCOC(=O)c1cnc(-c2ccccc2OC)nc1N1CCN(C)CC1. The van der Waals surface area contributed by atoms with Crippen molar-refractivity contribution in [2.45, 2.75) is 6.92 Å². The summed E-state index contributed by atoms with van der Waals surface area (Å²) in [6.07, 6.45) is 1.56. The van der Waals surface area contributed by atoms with Crippen molar-refractivity contribution in [1.82, 2.24) is 14.9 Å². The lowest BCUT2D eigenvalue weighted by Gasteiger charge is -2.34. The minimum absolute atomic E-state index is 0.315. The number of esters is 1. The van der Waals surface area contributed by atoms with Crippen LogP contribution >= 0.6 is 0 Å². The smallest absolute Gasteiger partial charge is 0.343 e. The van der Waals surface area contributed by atoms with Crippen molar-refractivity contribution in [3.05, 3.63) is 36.0 Å². The van der Waals surface area contributed by atoms with Gasteiger partial charge in [-0.05, 0) is 26.1 Å². The molecule has 0 amide bonds. The first-order valence-corrected chi connectivity index (χ1v) is 8.75. The van der Waals surface area contributed by atoms with Crippen LogP contribution in [0.5, 0.6) is 5.75 Å². The van der Waals surface area contributed by atoms with Gasteiger partial charge in [0.1, 0.15) is 17.1 Å². The number of carbonyl (C=O) groups is 1. The molecular formula is C19H24N4O3. The molecule has 2 heterocycles. The van der Waals surface area contributed by atoms with Gasteiger partial charge < -0.3 is 19.3 Å². The number of piperazine rings is 1. The molecule has 1 aliphatic heterocycles. The quantitative estimate of drug-likeness (QED) is 0.760. The average Bonchev–Trinajstić information content (AvgIpc) is 2.68. The maximum absolute atomic E-state index is 12.4. The molecule has 0 unspecified atom stereocenters. The molecule has 7 nitrogen and oxygen atoms in total. The molecule has 1 saturated heterocycles. The standard InChI is InChI=1S/C19H24N4O3/c1-4-26-19(24)15-13-20-17(14-7-5-6-8-16(14)25-3)21-18(15)23-11-9-22(2)10-12-23/h5-8,13H,4,9-12H2,1-3H3. The molecule has 7 heteroatoms. The Hall–Kier alpha value is -2.67. The molecule has 0 saturated carbocycles. The molecule has 2 aromatic rings. The number of benzene rings is 1. The monoisotopic (exact) mass is 356 g/mol. The molecular weight excluding hydrogens is 332 g/mol. The number of methoxy groups -OCH3 is 1. The number of nitrogens with zero attached hydrogens (tertiary/aromatic N) is 4. The fraction of sp³-hybridized carbons (Fsp3) is 0.421. The predicted octanol–water partition coefficient (Wildman–Crippen LogP) is 2.08. The number of hydrogen-bond acceptors (Lipinski definition) is 7. The molecule has 0 spiro atoms. The fourth-order valence-electron chi connectivity index (χ4n) is 2.94. The van der Waals surface area contributed by atoms with Gasteiger partial charge in [-0.3, -0.25) is 0 Å². The summed E-state index contributed by atoms with van der Waals surface area (Å²) in [7, 11) is 3.71. The summed E-state index contributed by atoms with van der Waals surface area (Å²) in [5, 5.41) is 0. The molecule has 0 aliphatic carbocycles. The molecule has 1 aromatic carbocycles. The zero-order valence-corrected chi connectivity index (χ0v) is 15.4. The lowest BCUT2D eigenvalue weighted by atomic mass is 10.1. The van der Waals surface area contributed by atoms with E-state index in [1.807, 2.05) is 24.3 Å². The Morgan fingerprint density at radius 3 is 2.62 bits per heavy atom. The van der Waals surface area contributed by atoms with E-state index in [-0.39, 0.29) is 0 Å². The van der Waals surface area contributed by atoms with E-state index >= 15 is 0 Å². The molecule has 0 bridgehead atoms. The van der Waals surface area contributed by atoms with Crippen LogP contribution in [-0.2, 0) is 4.74 Å². The van der Waals surface area contributed by atoms with Gasteiger partial charge in [-0.1, -0.05) is 12.1 Å². The fourth-order valence-corrected chi connectivity index (χ4v) is 2.94. The lowest BCUT2D eigenvalue weighted by molar-refractivity contribution is 0.0526. The highest BCUT2D eigenvalue weighted by atomic mass is 16.5. The van der Waals surface area contributed by atoms with Crippen molar-refractivity contribution in [1.29, 1.82) is 0 Å². The Bertz CT molecular complexity index is 773. The van der Waals surface area contributed by atoms with E-state index < -0.39 is 5.97 Å². The number of rotatable bonds is 5. The van der Waals surface area contributed by atoms with E-state index in [0.717, 1.165) is 31.7 Å². The Labute approximate surface area is 153 Å². The van der Waals surface area contributed by atoms with Gasteiger partial charge >= 0.3 is 5.97 Å². The number of hydrogen-bond donors (Lipinski definition) is 0. The molecule has 0 N–H and O–H groups in total. The third-order valence-corrected chi connectivity index (χ3v) is 4.41. The molecule has 0 atom stereocenters. The molecule has 138 valence electrons. The van der Waals surface area contributed by atoms with Crippen molar-refractivity contribution < 1.29 is 14.3 Å². The molecule has 3 rings (SSSR count). The third kappa shape index (κ3) is 3.77. The Morgan fingerprint density at radius 1 is 1.19 bits per heavy atom. The van der Waals surface area contributed by atoms with Crippen molar-refractivity contribution in [2.75, 3.05) is 51.8 Å². The van der Waals surface area contributed by atoms with Gasteiger partial charge in [0.15, 0.2) is 5.82 Å². The molecule has 1 fully saturated rings. The van der Waals surface area contributed by atoms with Crippen molar-refractivity contribution in [3.8, 4) is 17.1 Å². The number of carbonyl (C=O) groups excluding carboxylic acids is 1. The van der Waals surface area contributed by atoms with Crippen molar-refractivity contribution >= 4 is 11.8 Å². The zero-order chi connectivity index (χ0) is 18.5. The maximum Gasteiger partial charge on any atom is 0.343 e. The van der Waals surface area contributed by atoms with Gasteiger partial charge in [0.25, 0.3) is 0 Å². The third-order valence-electron chi connectivity index (χ3n) is 4.41. The first-order valence-electron chi connectivity index (χ1n) is 8.75. The van der Waals surface area contributed by atoms with Crippen molar-refractivity contribution in [3.63, 3.8) is 0 Å². The van der Waals surface area contributed by atoms with E-state index in [1.54, 1.807) is 20.2 Å². The topological polar surface area (TPSA) is 67.8 Å². The Balaban J connectivity index is 2.03. The van der Waals surface area contributed by atoms with Crippen LogP contribution in [0.15, 0.2) is 30.5 Å². The first kappa shape index (κ1) is 18.1. The summed E-state index contributed by atoms with van der Waals surface area (Å²) in [5.74, 6) is 1.45. The molecule has 1 aromatic heterocycles. The number of aromatic nitrogens is 2. The summed E-state index contributed by atoms with van der Waals surface area (Å²) >= 11 is 0. The van der Waals surface area contributed by atoms with Crippen LogP contribution in [0.25, 0.3) is 11.4 Å². The van der Waals surface area contributed by atoms with Crippen molar-refractivity contribution in [2.24, 2.45) is 0 Å². The minimum atomic E-state index is -0.395. The first-order chi connectivity index (χ1) is 12.6. The number of likely N-dealkylation sites (N-methyl/N-ethyl adjacent to an activating group) is 1. The van der Waals surface area contributed by atoms with E-state index in [4.69, 9.17) is 14.5 Å². The highest BCUT2D eigenvalue weighted by molar-refractivity contribution is 5.95.